The fraction of sp³-hybridized carbons (Fsp3) is 0.929. The van der Waals surface area contributed by atoms with Crippen molar-refractivity contribution < 1.29 is 9.53 Å². The first-order valence-electron chi connectivity index (χ1n) is 7.33. The summed E-state index contributed by atoms with van der Waals surface area (Å²) in [5.74, 6) is 0.0363. The summed E-state index contributed by atoms with van der Waals surface area (Å²) in [5.41, 5.74) is 0. The maximum atomic E-state index is 12.0. The largest absolute Gasteiger partial charge is 0.365 e. The summed E-state index contributed by atoms with van der Waals surface area (Å²) in [6.45, 7) is 7.73. The third-order valence-electron chi connectivity index (χ3n) is 3.46. The van der Waals surface area contributed by atoms with Crippen LogP contribution in [0, 0.1) is 0 Å². The highest BCUT2D eigenvalue weighted by molar-refractivity contribution is 5.85. The fourth-order valence-corrected chi connectivity index (χ4v) is 2.39. The molecule has 1 amide bonds. The van der Waals surface area contributed by atoms with Crippen LogP contribution in [-0.2, 0) is 9.53 Å². The third kappa shape index (κ3) is 7.14. The van der Waals surface area contributed by atoms with Crippen LogP contribution in [0.5, 0.6) is 0 Å². The summed E-state index contributed by atoms with van der Waals surface area (Å²) >= 11 is 0. The quantitative estimate of drug-likeness (QED) is 0.721. The van der Waals surface area contributed by atoms with Gasteiger partial charge in [0.05, 0.1) is 6.10 Å². The average Bonchev–Trinajstić information content (AvgIpc) is 2.86. The van der Waals surface area contributed by atoms with Crippen LogP contribution in [0.2, 0.25) is 0 Å². The molecule has 0 saturated heterocycles. The standard InChI is InChI=1S/C14H28N2O2.ClH/c1-4-13(18-12-8-6-7-9-12)14(17)16-10-11(3)15-5-2;/h11-13,15H,4-10H2,1-3H3,(H,16,17);1H/t11-,13?;/m1./s1. The second-order valence-corrected chi connectivity index (χ2v) is 5.14. The van der Waals surface area contributed by atoms with E-state index >= 15 is 0 Å². The fourth-order valence-electron chi connectivity index (χ4n) is 2.39. The number of rotatable bonds is 8. The van der Waals surface area contributed by atoms with Gasteiger partial charge in [-0.1, -0.05) is 26.7 Å². The molecule has 0 spiro atoms. The Morgan fingerprint density at radius 3 is 2.47 bits per heavy atom. The molecule has 0 aromatic heterocycles. The minimum absolute atomic E-state index is 0. The summed E-state index contributed by atoms with van der Waals surface area (Å²) in [6.07, 6.45) is 5.46. The first kappa shape index (κ1) is 18.7. The molecule has 19 heavy (non-hydrogen) atoms. The minimum atomic E-state index is -0.276. The van der Waals surface area contributed by atoms with Crippen LogP contribution >= 0.6 is 12.4 Å². The Bertz CT molecular complexity index is 246. The number of nitrogens with one attached hydrogen (secondary N) is 2. The van der Waals surface area contributed by atoms with Gasteiger partial charge in [0.1, 0.15) is 6.10 Å². The molecule has 1 rings (SSSR count). The van der Waals surface area contributed by atoms with Crippen molar-refractivity contribution in [2.75, 3.05) is 13.1 Å². The van der Waals surface area contributed by atoms with Gasteiger partial charge in [0.25, 0.3) is 0 Å². The lowest BCUT2D eigenvalue weighted by Gasteiger charge is -2.21. The van der Waals surface area contributed by atoms with Crippen LogP contribution in [0.25, 0.3) is 0 Å². The molecule has 1 saturated carbocycles. The molecule has 1 aliphatic rings. The Kier molecular flexibility index (Phi) is 10.3. The van der Waals surface area contributed by atoms with Crippen molar-refractivity contribution in [2.45, 2.75) is 71.1 Å². The van der Waals surface area contributed by atoms with Crippen LogP contribution in [0.3, 0.4) is 0 Å². The zero-order valence-electron chi connectivity index (χ0n) is 12.4. The number of amides is 1. The van der Waals surface area contributed by atoms with E-state index in [-0.39, 0.29) is 24.4 Å². The normalized spacial score (nSPS) is 18.7. The Morgan fingerprint density at radius 2 is 1.95 bits per heavy atom. The molecule has 0 aliphatic heterocycles. The first-order valence-corrected chi connectivity index (χ1v) is 7.33. The first-order chi connectivity index (χ1) is 8.67. The topological polar surface area (TPSA) is 50.4 Å². The SMILES string of the molecule is CCN[C@H](C)CNC(=O)C(CC)OC1CCCC1.Cl. The predicted octanol–water partition coefficient (Wildman–Crippen LogP) is 2.26. The van der Waals surface area contributed by atoms with E-state index in [9.17, 15) is 4.79 Å². The van der Waals surface area contributed by atoms with Crippen LogP contribution < -0.4 is 10.6 Å². The van der Waals surface area contributed by atoms with Crippen molar-refractivity contribution in [1.29, 1.82) is 0 Å². The highest BCUT2D eigenvalue weighted by Gasteiger charge is 2.24. The lowest BCUT2D eigenvalue weighted by molar-refractivity contribution is -0.136. The van der Waals surface area contributed by atoms with E-state index in [0.717, 1.165) is 25.8 Å². The maximum absolute atomic E-state index is 12.0. The molecular weight excluding hydrogens is 264 g/mol. The molecule has 2 atom stereocenters. The second kappa shape index (κ2) is 10.5. The number of ether oxygens (including phenoxy) is 1. The van der Waals surface area contributed by atoms with Crippen molar-refractivity contribution >= 4 is 18.3 Å². The number of halogens is 1. The van der Waals surface area contributed by atoms with Crippen molar-refractivity contribution in [3.05, 3.63) is 0 Å². The third-order valence-corrected chi connectivity index (χ3v) is 3.46. The summed E-state index contributed by atoms with van der Waals surface area (Å²) in [6, 6.07) is 0.308. The van der Waals surface area contributed by atoms with E-state index in [1.54, 1.807) is 0 Å². The van der Waals surface area contributed by atoms with Crippen LogP contribution in [0.4, 0.5) is 0 Å². The van der Waals surface area contributed by atoms with Gasteiger partial charge in [-0.2, -0.15) is 0 Å². The van der Waals surface area contributed by atoms with Gasteiger partial charge in [0.2, 0.25) is 5.91 Å². The Balaban J connectivity index is 0.00000324. The Labute approximate surface area is 123 Å². The average molecular weight is 293 g/mol. The molecule has 2 N–H and O–H groups in total. The van der Waals surface area contributed by atoms with Gasteiger partial charge in [-0.05, 0) is 32.7 Å². The lowest BCUT2D eigenvalue weighted by Crippen LogP contribution is -2.44. The van der Waals surface area contributed by atoms with Crippen LogP contribution in [0.15, 0.2) is 0 Å². The lowest BCUT2D eigenvalue weighted by atomic mass is 10.2. The van der Waals surface area contributed by atoms with E-state index < -0.39 is 0 Å². The van der Waals surface area contributed by atoms with Crippen LogP contribution in [-0.4, -0.2) is 37.2 Å². The molecular formula is C14H29ClN2O2. The van der Waals surface area contributed by atoms with E-state index in [1.165, 1.54) is 12.8 Å². The zero-order chi connectivity index (χ0) is 13.4. The van der Waals surface area contributed by atoms with Crippen molar-refractivity contribution in [3.63, 3.8) is 0 Å². The summed E-state index contributed by atoms with van der Waals surface area (Å²) in [7, 11) is 0. The number of carbonyl (C=O) groups excluding carboxylic acids is 1. The van der Waals surface area contributed by atoms with Crippen molar-refractivity contribution in [3.8, 4) is 0 Å². The smallest absolute Gasteiger partial charge is 0.249 e. The van der Waals surface area contributed by atoms with Gasteiger partial charge in [-0.25, -0.2) is 0 Å². The molecule has 5 heteroatoms. The molecule has 0 heterocycles. The van der Waals surface area contributed by atoms with E-state index in [0.29, 0.717) is 18.7 Å². The van der Waals surface area contributed by atoms with Crippen LogP contribution in [0.1, 0.15) is 52.9 Å². The molecule has 1 aliphatic carbocycles. The monoisotopic (exact) mass is 292 g/mol. The molecule has 1 unspecified atom stereocenters. The van der Waals surface area contributed by atoms with Gasteiger partial charge in [0.15, 0.2) is 0 Å². The molecule has 0 bridgehead atoms. The number of hydrogen-bond donors (Lipinski definition) is 2. The van der Waals surface area contributed by atoms with E-state index in [4.69, 9.17) is 4.74 Å². The molecule has 4 nitrogen and oxygen atoms in total. The predicted molar refractivity (Wildman–Crippen MR) is 80.8 cm³/mol. The molecule has 1 fully saturated rings. The molecule has 0 aromatic carbocycles. The Hall–Kier alpha value is -0.320. The number of hydrogen-bond acceptors (Lipinski definition) is 3. The summed E-state index contributed by atoms with van der Waals surface area (Å²) in [5, 5.41) is 6.24. The molecule has 0 aromatic rings. The highest BCUT2D eigenvalue weighted by Crippen LogP contribution is 2.22. The number of carbonyl (C=O) groups is 1. The summed E-state index contributed by atoms with van der Waals surface area (Å²) in [4.78, 5) is 12.0. The van der Waals surface area contributed by atoms with Crippen molar-refractivity contribution in [1.82, 2.24) is 10.6 Å². The van der Waals surface area contributed by atoms with E-state index in [1.807, 2.05) is 6.92 Å². The maximum Gasteiger partial charge on any atom is 0.249 e. The number of likely N-dealkylation sites (N-methyl/N-ethyl adjacent to an activating group) is 1. The van der Waals surface area contributed by atoms with Gasteiger partial charge >= 0.3 is 0 Å². The Morgan fingerprint density at radius 1 is 1.32 bits per heavy atom. The molecule has 114 valence electrons. The minimum Gasteiger partial charge on any atom is -0.365 e. The van der Waals surface area contributed by atoms with Gasteiger partial charge in [0, 0.05) is 12.6 Å². The van der Waals surface area contributed by atoms with Gasteiger partial charge in [-0.3, -0.25) is 4.79 Å². The van der Waals surface area contributed by atoms with E-state index in [2.05, 4.69) is 24.5 Å². The van der Waals surface area contributed by atoms with Gasteiger partial charge < -0.3 is 15.4 Å². The molecule has 0 radical (unpaired) electrons. The zero-order valence-corrected chi connectivity index (χ0v) is 13.2. The highest BCUT2D eigenvalue weighted by atomic mass is 35.5. The second-order valence-electron chi connectivity index (χ2n) is 5.14. The van der Waals surface area contributed by atoms with Crippen molar-refractivity contribution in [2.24, 2.45) is 0 Å². The summed E-state index contributed by atoms with van der Waals surface area (Å²) < 4.78 is 5.88. The van der Waals surface area contributed by atoms with Gasteiger partial charge in [-0.15, -0.1) is 12.4 Å².